The predicted octanol–water partition coefficient (Wildman–Crippen LogP) is 2.52. The van der Waals surface area contributed by atoms with E-state index in [0.29, 0.717) is 12.5 Å². The molecule has 5 heteroatoms. The number of nitrogens with two attached hydrogens (primary N) is 1. The maximum absolute atomic E-state index is 12.1. The topological polar surface area (TPSA) is 55.1 Å². The lowest BCUT2D eigenvalue weighted by atomic mass is 10.0. The van der Waals surface area contributed by atoms with Gasteiger partial charge < -0.3 is 11.1 Å². The third-order valence-electron chi connectivity index (χ3n) is 3.65. The third-order valence-corrected chi connectivity index (χ3v) is 4.71. The van der Waals surface area contributed by atoms with Gasteiger partial charge in [0.15, 0.2) is 0 Å². The average molecular weight is 289 g/mol. The van der Waals surface area contributed by atoms with Crippen LogP contribution in [0, 0.1) is 5.92 Å². The van der Waals surface area contributed by atoms with Gasteiger partial charge in [-0.25, -0.2) is 0 Å². The van der Waals surface area contributed by atoms with E-state index in [2.05, 4.69) is 5.32 Å². The van der Waals surface area contributed by atoms with Gasteiger partial charge in [0.05, 0.1) is 5.92 Å². The Kier molecular flexibility index (Phi) is 6.12. The second-order valence-electron chi connectivity index (χ2n) is 4.78. The zero-order valence-corrected chi connectivity index (χ0v) is 12.2. The SMILES string of the molecule is CC(C(=O)NC1CCCC1CN)c1cccs1.Cl. The van der Waals surface area contributed by atoms with Gasteiger partial charge in [-0.2, -0.15) is 0 Å². The molecule has 0 aliphatic heterocycles. The van der Waals surface area contributed by atoms with E-state index >= 15 is 0 Å². The largest absolute Gasteiger partial charge is 0.352 e. The van der Waals surface area contributed by atoms with Crippen molar-refractivity contribution in [3.8, 4) is 0 Å². The van der Waals surface area contributed by atoms with E-state index in [1.54, 1.807) is 11.3 Å². The molecular formula is C13H21ClN2OS. The summed E-state index contributed by atoms with van der Waals surface area (Å²) in [5, 5.41) is 5.17. The summed E-state index contributed by atoms with van der Waals surface area (Å²) in [6, 6.07) is 4.29. The van der Waals surface area contributed by atoms with Crippen molar-refractivity contribution in [3.63, 3.8) is 0 Å². The minimum atomic E-state index is -0.0472. The van der Waals surface area contributed by atoms with Crippen molar-refractivity contribution in [2.24, 2.45) is 11.7 Å². The van der Waals surface area contributed by atoms with Crippen LogP contribution in [0.2, 0.25) is 0 Å². The molecule has 1 aromatic rings. The van der Waals surface area contributed by atoms with Gasteiger partial charge in [0, 0.05) is 10.9 Å². The van der Waals surface area contributed by atoms with Crippen molar-refractivity contribution in [3.05, 3.63) is 22.4 Å². The molecule has 1 saturated carbocycles. The zero-order chi connectivity index (χ0) is 12.3. The molecule has 3 unspecified atom stereocenters. The molecule has 3 nitrogen and oxygen atoms in total. The minimum absolute atomic E-state index is 0. The lowest BCUT2D eigenvalue weighted by Crippen LogP contribution is -2.41. The van der Waals surface area contributed by atoms with Crippen LogP contribution in [0.15, 0.2) is 17.5 Å². The molecule has 18 heavy (non-hydrogen) atoms. The van der Waals surface area contributed by atoms with Crippen molar-refractivity contribution in [2.45, 2.75) is 38.1 Å². The Morgan fingerprint density at radius 3 is 3.00 bits per heavy atom. The van der Waals surface area contributed by atoms with Crippen molar-refractivity contribution >= 4 is 29.7 Å². The Balaban J connectivity index is 0.00000162. The number of rotatable bonds is 4. The molecule has 0 radical (unpaired) electrons. The first-order chi connectivity index (χ1) is 8.22. The highest BCUT2D eigenvalue weighted by atomic mass is 35.5. The highest BCUT2D eigenvalue weighted by Crippen LogP contribution is 2.26. The van der Waals surface area contributed by atoms with E-state index in [4.69, 9.17) is 5.73 Å². The smallest absolute Gasteiger partial charge is 0.228 e. The molecule has 1 aliphatic carbocycles. The molecule has 0 bridgehead atoms. The van der Waals surface area contributed by atoms with Gasteiger partial charge in [-0.15, -0.1) is 23.7 Å². The van der Waals surface area contributed by atoms with E-state index in [1.165, 1.54) is 6.42 Å². The third kappa shape index (κ3) is 3.46. The molecule has 0 saturated heterocycles. The summed E-state index contributed by atoms with van der Waals surface area (Å²) >= 11 is 1.64. The van der Waals surface area contributed by atoms with Crippen LogP contribution in [0.3, 0.4) is 0 Å². The summed E-state index contributed by atoms with van der Waals surface area (Å²) in [4.78, 5) is 13.2. The second-order valence-corrected chi connectivity index (χ2v) is 5.76. The quantitative estimate of drug-likeness (QED) is 0.894. The maximum atomic E-state index is 12.1. The van der Waals surface area contributed by atoms with E-state index in [-0.39, 0.29) is 30.3 Å². The summed E-state index contributed by atoms with van der Waals surface area (Å²) < 4.78 is 0. The normalized spacial score (nSPS) is 24.3. The first-order valence-corrected chi connectivity index (χ1v) is 7.14. The predicted molar refractivity (Wildman–Crippen MR) is 78.3 cm³/mol. The van der Waals surface area contributed by atoms with Gasteiger partial charge in [-0.3, -0.25) is 4.79 Å². The number of thiophene rings is 1. The van der Waals surface area contributed by atoms with E-state index in [9.17, 15) is 4.79 Å². The van der Waals surface area contributed by atoms with Crippen LogP contribution in [0.5, 0.6) is 0 Å². The number of hydrogen-bond acceptors (Lipinski definition) is 3. The van der Waals surface area contributed by atoms with Crippen LogP contribution in [-0.2, 0) is 4.79 Å². The fraction of sp³-hybridized carbons (Fsp3) is 0.615. The van der Waals surface area contributed by atoms with Crippen LogP contribution in [0.1, 0.15) is 37.0 Å². The van der Waals surface area contributed by atoms with Gasteiger partial charge in [0.2, 0.25) is 5.91 Å². The molecule has 1 fully saturated rings. The monoisotopic (exact) mass is 288 g/mol. The number of carbonyl (C=O) groups is 1. The summed E-state index contributed by atoms with van der Waals surface area (Å²) in [6.07, 6.45) is 3.40. The van der Waals surface area contributed by atoms with Crippen molar-refractivity contribution in [1.82, 2.24) is 5.32 Å². The molecule has 102 valence electrons. The number of amides is 1. The fourth-order valence-corrected chi connectivity index (χ4v) is 3.27. The lowest BCUT2D eigenvalue weighted by molar-refractivity contribution is -0.123. The maximum Gasteiger partial charge on any atom is 0.228 e. The Bertz CT molecular complexity index is 369. The molecule has 1 amide bonds. The summed E-state index contributed by atoms with van der Waals surface area (Å²) in [5.41, 5.74) is 5.72. The van der Waals surface area contributed by atoms with Crippen molar-refractivity contribution < 1.29 is 4.79 Å². The molecule has 1 aromatic heterocycles. The van der Waals surface area contributed by atoms with Gasteiger partial charge >= 0.3 is 0 Å². The van der Waals surface area contributed by atoms with Crippen LogP contribution in [0.25, 0.3) is 0 Å². The second kappa shape index (κ2) is 7.12. The Labute approximate surface area is 119 Å². The summed E-state index contributed by atoms with van der Waals surface area (Å²) in [5.74, 6) is 0.557. The number of nitrogens with one attached hydrogen (secondary N) is 1. The zero-order valence-electron chi connectivity index (χ0n) is 10.6. The molecule has 0 aromatic carbocycles. The number of carbonyl (C=O) groups excluding carboxylic acids is 1. The number of halogens is 1. The number of hydrogen-bond donors (Lipinski definition) is 2. The first-order valence-electron chi connectivity index (χ1n) is 6.26. The van der Waals surface area contributed by atoms with Gasteiger partial charge in [0.1, 0.15) is 0 Å². The Morgan fingerprint density at radius 1 is 1.61 bits per heavy atom. The van der Waals surface area contributed by atoms with Crippen molar-refractivity contribution in [1.29, 1.82) is 0 Å². The molecule has 1 heterocycles. The highest BCUT2D eigenvalue weighted by molar-refractivity contribution is 7.10. The van der Waals surface area contributed by atoms with Gasteiger partial charge in [-0.05, 0) is 43.7 Å². The molecule has 3 atom stereocenters. The Hall–Kier alpha value is -0.580. The lowest BCUT2D eigenvalue weighted by Gasteiger charge is -2.21. The van der Waals surface area contributed by atoms with Crippen LogP contribution < -0.4 is 11.1 Å². The fourth-order valence-electron chi connectivity index (χ4n) is 2.48. The van der Waals surface area contributed by atoms with E-state index < -0.39 is 0 Å². The van der Waals surface area contributed by atoms with Gasteiger partial charge in [0.25, 0.3) is 0 Å². The molecule has 0 spiro atoms. The molecular weight excluding hydrogens is 268 g/mol. The van der Waals surface area contributed by atoms with Crippen LogP contribution in [0.4, 0.5) is 0 Å². The summed E-state index contributed by atoms with van der Waals surface area (Å²) in [7, 11) is 0. The van der Waals surface area contributed by atoms with Crippen LogP contribution in [-0.4, -0.2) is 18.5 Å². The molecule has 2 rings (SSSR count). The van der Waals surface area contributed by atoms with E-state index in [0.717, 1.165) is 17.7 Å². The minimum Gasteiger partial charge on any atom is -0.352 e. The van der Waals surface area contributed by atoms with Crippen molar-refractivity contribution in [2.75, 3.05) is 6.54 Å². The molecule has 1 aliphatic rings. The molecule has 3 N–H and O–H groups in total. The Morgan fingerprint density at radius 2 is 2.39 bits per heavy atom. The van der Waals surface area contributed by atoms with Gasteiger partial charge in [-0.1, -0.05) is 12.5 Å². The highest BCUT2D eigenvalue weighted by Gasteiger charge is 2.29. The first kappa shape index (κ1) is 15.5. The van der Waals surface area contributed by atoms with Crippen LogP contribution >= 0.6 is 23.7 Å². The standard InChI is InChI=1S/C13H20N2OS.ClH/c1-9(12-6-3-7-17-12)13(16)15-11-5-2-4-10(11)8-14;/h3,6-7,9-11H,2,4-5,8,14H2,1H3,(H,15,16);1H. The average Bonchev–Trinajstić information content (AvgIpc) is 2.98. The van der Waals surface area contributed by atoms with E-state index in [1.807, 2.05) is 24.4 Å². The summed E-state index contributed by atoms with van der Waals surface area (Å²) in [6.45, 7) is 2.64.